The normalized spacial score (nSPS) is 12.4. The van der Waals surface area contributed by atoms with E-state index < -0.39 is 0 Å². The Morgan fingerprint density at radius 3 is 2.52 bits per heavy atom. The van der Waals surface area contributed by atoms with Crippen molar-refractivity contribution in [2.75, 3.05) is 13.2 Å². The number of rotatable bonds is 6. The lowest BCUT2D eigenvalue weighted by molar-refractivity contribution is 0.340. The van der Waals surface area contributed by atoms with Crippen LogP contribution in [0, 0.1) is 6.92 Å². The SMILES string of the molecule is CCNC(c1coc(C)c1)c1cc(Cl)c(OCC)cc1Cl. The Morgan fingerprint density at radius 2 is 1.95 bits per heavy atom. The molecule has 0 spiro atoms. The Balaban J connectivity index is 2.43. The smallest absolute Gasteiger partial charge is 0.139 e. The largest absolute Gasteiger partial charge is 0.492 e. The van der Waals surface area contributed by atoms with Gasteiger partial charge in [-0.25, -0.2) is 0 Å². The van der Waals surface area contributed by atoms with Crippen LogP contribution in [0.4, 0.5) is 0 Å². The lowest BCUT2D eigenvalue weighted by Crippen LogP contribution is -2.22. The summed E-state index contributed by atoms with van der Waals surface area (Å²) >= 11 is 12.7. The number of benzene rings is 1. The molecule has 0 saturated heterocycles. The van der Waals surface area contributed by atoms with Crippen molar-refractivity contribution in [1.29, 1.82) is 0 Å². The summed E-state index contributed by atoms with van der Waals surface area (Å²) in [5, 5.41) is 4.58. The zero-order valence-electron chi connectivity index (χ0n) is 12.4. The highest BCUT2D eigenvalue weighted by Crippen LogP contribution is 2.36. The third-order valence-electron chi connectivity index (χ3n) is 3.15. The molecule has 1 unspecified atom stereocenters. The van der Waals surface area contributed by atoms with E-state index in [2.05, 4.69) is 5.32 Å². The van der Waals surface area contributed by atoms with Gasteiger partial charge in [-0.1, -0.05) is 30.1 Å². The fourth-order valence-corrected chi connectivity index (χ4v) is 2.75. The van der Waals surface area contributed by atoms with E-state index >= 15 is 0 Å². The van der Waals surface area contributed by atoms with E-state index in [1.54, 1.807) is 12.3 Å². The second-order valence-corrected chi connectivity index (χ2v) is 5.53. The third-order valence-corrected chi connectivity index (χ3v) is 3.78. The van der Waals surface area contributed by atoms with Gasteiger partial charge in [-0.3, -0.25) is 0 Å². The fourth-order valence-electron chi connectivity index (χ4n) is 2.26. The van der Waals surface area contributed by atoms with Crippen LogP contribution < -0.4 is 10.1 Å². The molecule has 0 bridgehead atoms. The van der Waals surface area contributed by atoms with E-state index in [-0.39, 0.29) is 6.04 Å². The van der Waals surface area contributed by atoms with Gasteiger partial charge in [0.15, 0.2) is 0 Å². The van der Waals surface area contributed by atoms with E-state index in [0.29, 0.717) is 22.4 Å². The Morgan fingerprint density at radius 1 is 1.19 bits per heavy atom. The number of ether oxygens (including phenoxy) is 1. The lowest BCUT2D eigenvalue weighted by Gasteiger charge is -2.19. The molecular formula is C16H19Cl2NO2. The maximum atomic E-state index is 6.42. The summed E-state index contributed by atoms with van der Waals surface area (Å²) in [5.41, 5.74) is 1.93. The van der Waals surface area contributed by atoms with Crippen LogP contribution in [0.15, 0.2) is 28.9 Å². The van der Waals surface area contributed by atoms with Crippen LogP contribution in [0.2, 0.25) is 10.0 Å². The molecule has 21 heavy (non-hydrogen) atoms. The van der Waals surface area contributed by atoms with Crippen LogP contribution in [0.3, 0.4) is 0 Å². The van der Waals surface area contributed by atoms with Crippen LogP contribution in [0.5, 0.6) is 5.75 Å². The maximum absolute atomic E-state index is 6.42. The number of furan rings is 1. The summed E-state index contributed by atoms with van der Waals surface area (Å²) in [6.45, 7) is 7.22. The van der Waals surface area contributed by atoms with Crippen LogP contribution >= 0.6 is 23.2 Å². The molecule has 1 aromatic carbocycles. The Hall–Kier alpha value is -1.16. The van der Waals surface area contributed by atoms with E-state index in [1.165, 1.54) is 0 Å². The minimum atomic E-state index is -0.0619. The van der Waals surface area contributed by atoms with Crippen molar-refractivity contribution in [3.05, 3.63) is 51.4 Å². The summed E-state index contributed by atoms with van der Waals surface area (Å²) in [7, 11) is 0. The van der Waals surface area contributed by atoms with Gasteiger partial charge in [0.25, 0.3) is 0 Å². The molecule has 0 aliphatic rings. The van der Waals surface area contributed by atoms with Gasteiger partial charge < -0.3 is 14.5 Å². The second kappa shape index (κ2) is 7.21. The molecule has 2 aromatic rings. The predicted molar refractivity (Wildman–Crippen MR) is 86.6 cm³/mol. The number of hydrogen-bond donors (Lipinski definition) is 1. The zero-order valence-corrected chi connectivity index (χ0v) is 13.9. The minimum absolute atomic E-state index is 0.0619. The fraction of sp³-hybridized carbons (Fsp3) is 0.375. The molecule has 0 amide bonds. The predicted octanol–water partition coefficient (Wildman–Crippen LogP) is 4.99. The van der Waals surface area contributed by atoms with Gasteiger partial charge in [0.1, 0.15) is 11.5 Å². The first-order chi connectivity index (χ1) is 10.1. The monoisotopic (exact) mass is 327 g/mol. The van der Waals surface area contributed by atoms with Crippen molar-refractivity contribution in [3.8, 4) is 5.75 Å². The van der Waals surface area contributed by atoms with Gasteiger partial charge in [0, 0.05) is 16.7 Å². The van der Waals surface area contributed by atoms with Crippen molar-refractivity contribution < 1.29 is 9.15 Å². The molecule has 114 valence electrons. The third kappa shape index (κ3) is 3.73. The highest BCUT2D eigenvalue weighted by molar-refractivity contribution is 6.34. The summed E-state index contributed by atoms with van der Waals surface area (Å²) < 4.78 is 10.9. The summed E-state index contributed by atoms with van der Waals surface area (Å²) in [5.74, 6) is 1.47. The number of halogens is 2. The first-order valence-electron chi connectivity index (χ1n) is 6.97. The number of aryl methyl sites for hydroxylation is 1. The maximum Gasteiger partial charge on any atom is 0.139 e. The molecule has 0 aliphatic carbocycles. The molecule has 1 N–H and O–H groups in total. The average molecular weight is 328 g/mol. The molecular weight excluding hydrogens is 309 g/mol. The first-order valence-corrected chi connectivity index (χ1v) is 7.72. The number of nitrogens with one attached hydrogen (secondary N) is 1. The second-order valence-electron chi connectivity index (χ2n) is 4.72. The molecule has 0 radical (unpaired) electrons. The van der Waals surface area contributed by atoms with Crippen LogP contribution in [0.1, 0.15) is 36.8 Å². The van der Waals surface area contributed by atoms with E-state index in [9.17, 15) is 0 Å². The molecule has 0 saturated carbocycles. The quantitative estimate of drug-likeness (QED) is 0.811. The summed E-state index contributed by atoms with van der Waals surface area (Å²) in [6, 6.07) is 5.55. The van der Waals surface area contributed by atoms with Gasteiger partial charge >= 0.3 is 0 Å². The molecule has 1 aromatic heterocycles. The highest BCUT2D eigenvalue weighted by atomic mass is 35.5. The lowest BCUT2D eigenvalue weighted by atomic mass is 10.0. The molecule has 1 heterocycles. The van der Waals surface area contributed by atoms with Crippen molar-refractivity contribution in [2.24, 2.45) is 0 Å². The van der Waals surface area contributed by atoms with Gasteiger partial charge in [-0.15, -0.1) is 0 Å². The molecule has 5 heteroatoms. The highest BCUT2D eigenvalue weighted by Gasteiger charge is 2.20. The molecule has 0 aliphatic heterocycles. The van der Waals surface area contributed by atoms with Crippen molar-refractivity contribution in [3.63, 3.8) is 0 Å². The van der Waals surface area contributed by atoms with Gasteiger partial charge in [0.2, 0.25) is 0 Å². The van der Waals surface area contributed by atoms with Crippen molar-refractivity contribution in [2.45, 2.75) is 26.8 Å². The topological polar surface area (TPSA) is 34.4 Å². The van der Waals surface area contributed by atoms with Crippen molar-refractivity contribution >= 4 is 23.2 Å². The average Bonchev–Trinajstić information content (AvgIpc) is 2.87. The minimum Gasteiger partial charge on any atom is -0.492 e. The molecule has 2 rings (SSSR count). The van der Waals surface area contributed by atoms with Crippen LogP contribution in [-0.4, -0.2) is 13.2 Å². The Bertz CT molecular complexity index is 610. The Kier molecular flexibility index (Phi) is 5.57. The van der Waals surface area contributed by atoms with Gasteiger partial charge in [-0.05, 0) is 38.1 Å². The standard InChI is InChI=1S/C16H19Cl2NO2/c1-4-19-16(11-6-10(3)21-9-11)12-7-14(18)15(20-5-2)8-13(12)17/h6-9,16,19H,4-5H2,1-3H3. The van der Waals surface area contributed by atoms with Crippen LogP contribution in [-0.2, 0) is 0 Å². The zero-order chi connectivity index (χ0) is 15.4. The summed E-state index contributed by atoms with van der Waals surface area (Å²) in [6.07, 6.45) is 1.74. The Labute approximate surface area is 135 Å². The van der Waals surface area contributed by atoms with Crippen molar-refractivity contribution in [1.82, 2.24) is 5.32 Å². The summed E-state index contributed by atoms with van der Waals surface area (Å²) in [4.78, 5) is 0. The van der Waals surface area contributed by atoms with Gasteiger partial charge in [-0.2, -0.15) is 0 Å². The molecule has 3 nitrogen and oxygen atoms in total. The number of hydrogen-bond acceptors (Lipinski definition) is 3. The van der Waals surface area contributed by atoms with Gasteiger partial charge in [0.05, 0.1) is 23.9 Å². The molecule has 1 atom stereocenters. The van der Waals surface area contributed by atoms with E-state index in [0.717, 1.165) is 23.4 Å². The van der Waals surface area contributed by atoms with Crippen LogP contribution in [0.25, 0.3) is 0 Å². The van der Waals surface area contributed by atoms with E-state index in [4.69, 9.17) is 32.4 Å². The molecule has 0 fully saturated rings. The first kappa shape index (κ1) is 16.2. The van der Waals surface area contributed by atoms with E-state index in [1.807, 2.05) is 32.9 Å².